The van der Waals surface area contributed by atoms with Gasteiger partial charge in [0.05, 0.1) is 17.7 Å². The summed E-state index contributed by atoms with van der Waals surface area (Å²) in [4.78, 5) is -0.153. The van der Waals surface area contributed by atoms with Crippen LogP contribution in [0.3, 0.4) is 0 Å². The van der Waals surface area contributed by atoms with Crippen LogP contribution in [0.1, 0.15) is 19.4 Å². The van der Waals surface area contributed by atoms with Gasteiger partial charge in [-0.2, -0.15) is 0 Å². The predicted octanol–water partition coefficient (Wildman–Crippen LogP) is 2.19. The molecule has 1 aromatic rings. The van der Waals surface area contributed by atoms with Crippen LogP contribution in [0, 0.1) is 0 Å². The van der Waals surface area contributed by atoms with Crippen LogP contribution in [0.4, 0.5) is 0 Å². The highest BCUT2D eigenvalue weighted by molar-refractivity contribution is 7.89. The van der Waals surface area contributed by atoms with E-state index < -0.39 is 16.6 Å². The first kappa shape index (κ1) is 17.7. The average molecular weight is 342 g/mol. The van der Waals surface area contributed by atoms with Crippen molar-refractivity contribution in [2.45, 2.75) is 31.5 Å². The highest BCUT2D eigenvalue weighted by Gasteiger charge is 2.21. The molecule has 20 heavy (non-hydrogen) atoms. The molecule has 1 rings (SSSR count). The number of halogens is 2. The summed E-state index contributed by atoms with van der Waals surface area (Å²) in [5.74, 6) is 0. The maximum absolute atomic E-state index is 12.2. The maximum Gasteiger partial charge on any atom is 0.242 e. The van der Waals surface area contributed by atoms with Crippen molar-refractivity contribution >= 4 is 33.2 Å². The lowest BCUT2D eigenvalue weighted by molar-refractivity contribution is 0.0799. The molecule has 0 aromatic heterocycles. The quantitative estimate of drug-likeness (QED) is 0.796. The van der Waals surface area contributed by atoms with Crippen LogP contribution in [0.15, 0.2) is 17.0 Å². The standard InChI is InChI=1S/C12H17Cl2NO4S/c1-3-19-8(2)6-15-20(17,18)11-5-10(13)4-9(7-16)12(11)14/h4-5,8,15-16H,3,6-7H2,1-2H3. The van der Waals surface area contributed by atoms with Gasteiger partial charge in [-0.1, -0.05) is 23.2 Å². The fraction of sp³-hybridized carbons (Fsp3) is 0.500. The molecule has 0 saturated carbocycles. The summed E-state index contributed by atoms with van der Waals surface area (Å²) in [7, 11) is -3.82. The molecule has 0 aliphatic rings. The zero-order valence-electron chi connectivity index (χ0n) is 11.2. The predicted molar refractivity (Wildman–Crippen MR) is 78.7 cm³/mol. The lowest BCUT2D eigenvalue weighted by Crippen LogP contribution is -2.32. The molecule has 5 nitrogen and oxygen atoms in total. The number of sulfonamides is 1. The molecule has 8 heteroatoms. The van der Waals surface area contributed by atoms with Gasteiger partial charge in [0.25, 0.3) is 0 Å². The van der Waals surface area contributed by atoms with E-state index >= 15 is 0 Å². The van der Waals surface area contributed by atoms with Crippen molar-refractivity contribution in [3.63, 3.8) is 0 Å². The smallest absolute Gasteiger partial charge is 0.242 e. The number of aliphatic hydroxyl groups is 1. The van der Waals surface area contributed by atoms with Gasteiger partial charge in [-0.3, -0.25) is 0 Å². The third-order valence-electron chi connectivity index (χ3n) is 2.55. The zero-order chi connectivity index (χ0) is 15.3. The second-order valence-corrected chi connectivity index (χ2v) is 6.70. The normalized spacial score (nSPS) is 13.4. The van der Waals surface area contributed by atoms with Crippen LogP contribution in [-0.2, 0) is 21.4 Å². The number of ether oxygens (including phenoxy) is 1. The molecule has 0 fully saturated rings. The van der Waals surface area contributed by atoms with Crippen molar-refractivity contribution in [1.29, 1.82) is 0 Å². The van der Waals surface area contributed by atoms with Crippen LogP contribution >= 0.6 is 23.2 Å². The second kappa shape index (κ2) is 7.59. The Morgan fingerprint density at radius 3 is 2.60 bits per heavy atom. The molecular formula is C12H17Cl2NO4S. The zero-order valence-corrected chi connectivity index (χ0v) is 13.5. The molecule has 114 valence electrons. The van der Waals surface area contributed by atoms with E-state index in [2.05, 4.69) is 4.72 Å². The monoisotopic (exact) mass is 341 g/mol. The van der Waals surface area contributed by atoms with Crippen molar-refractivity contribution in [2.75, 3.05) is 13.2 Å². The van der Waals surface area contributed by atoms with Gasteiger partial charge in [0, 0.05) is 18.2 Å². The first-order valence-corrected chi connectivity index (χ1v) is 8.25. The van der Waals surface area contributed by atoms with Gasteiger partial charge in [-0.05, 0) is 31.5 Å². The number of nitrogens with one attached hydrogen (secondary N) is 1. The first-order valence-electron chi connectivity index (χ1n) is 6.01. The maximum atomic E-state index is 12.2. The third kappa shape index (κ3) is 4.58. The average Bonchev–Trinajstić information content (AvgIpc) is 2.39. The molecule has 0 amide bonds. The Morgan fingerprint density at radius 1 is 1.40 bits per heavy atom. The first-order chi connectivity index (χ1) is 9.31. The van der Waals surface area contributed by atoms with E-state index in [1.165, 1.54) is 12.1 Å². The fourth-order valence-corrected chi connectivity index (χ4v) is 3.62. The van der Waals surface area contributed by atoms with Gasteiger partial charge < -0.3 is 9.84 Å². The van der Waals surface area contributed by atoms with Gasteiger partial charge >= 0.3 is 0 Å². The lowest BCUT2D eigenvalue weighted by Gasteiger charge is -2.14. The summed E-state index contributed by atoms with van der Waals surface area (Å²) in [5, 5.41) is 9.30. The minimum atomic E-state index is -3.82. The number of benzene rings is 1. The molecule has 0 saturated heterocycles. The van der Waals surface area contributed by atoms with E-state index in [9.17, 15) is 8.42 Å². The number of hydrogen-bond donors (Lipinski definition) is 2. The molecular weight excluding hydrogens is 325 g/mol. The third-order valence-corrected chi connectivity index (χ3v) is 4.78. The summed E-state index contributed by atoms with van der Waals surface area (Å²) in [6.07, 6.45) is -0.259. The van der Waals surface area contributed by atoms with Crippen LogP contribution in [-0.4, -0.2) is 32.8 Å². The van der Waals surface area contributed by atoms with Crippen molar-refractivity contribution in [3.05, 3.63) is 27.7 Å². The molecule has 0 heterocycles. The molecule has 0 aliphatic heterocycles. The van der Waals surface area contributed by atoms with Crippen LogP contribution in [0.25, 0.3) is 0 Å². The molecule has 0 spiro atoms. The van der Waals surface area contributed by atoms with Crippen LogP contribution in [0.2, 0.25) is 10.0 Å². The van der Waals surface area contributed by atoms with Crippen LogP contribution in [0.5, 0.6) is 0 Å². The van der Waals surface area contributed by atoms with Gasteiger partial charge in [-0.15, -0.1) is 0 Å². The Morgan fingerprint density at radius 2 is 2.05 bits per heavy atom. The van der Waals surface area contributed by atoms with E-state index in [-0.39, 0.29) is 33.2 Å². The topological polar surface area (TPSA) is 75.6 Å². The molecule has 0 radical (unpaired) electrons. The molecule has 1 unspecified atom stereocenters. The Kier molecular flexibility index (Phi) is 6.71. The Balaban J connectivity index is 3.01. The number of hydrogen-bond acceptors (Lipinski definition) is 4. The second-order valence-electron chi connectivity index (χ2n) is 4.15. The summed E-state index contributed by atoms with van der Waals surface area (Å²) >= 11 is 11.8. The summed E-state index contributed by atoms with van der Waals surface area (Å²) < 4.78 is 32.0. The minimum Gasteiger partial charge on any atom is -0.392 e. The summed E-state index contributed by atoms with van der Waals surface area (Å²) in [6.45, 7) is 3.80. The number of rotatable bonds is 7. The highest BCUT2D eigenvalue weighted by Crippen LogP contribution is 2.29. The molecule has 1 aromatic carbocycles. The highest BCUT2D eigenvalue weighted by atomic mass is 35.5. The van der Waals surface area contributed by atoms with Crippen molar-refractivity contribution in [2.24, 2.45) is 0 Å². The summed E-state index contributed by atoms with van der Waals surface area (Å²) in [5.41, 5.74) is 0.261. The van der Waals surface area contributed by atoms with E-state index in [1.807, 2.05) is 6.92 Å². The molecule has 0 bridgehead atoms. The van der Waals surface area contributed by atoms with E-state index in [0.717, 1.165) is 0 Å². The van der Waals surface area contributed by atoms with Crippen molar-refractivity contribution < 1.29 is 18.3 Å². The molecule has 2 N–H and O–H groups in total. The van der Waals surface area contributed by atoms with Crippen molar-refractivity contribution in [3.8, 4) is 0 Å². The van der Waals surface area contributed by atoms with Gasteiger partial charge in [-0.25, -0.2) is 13.1 Å². The Bertz CT molecular complexity index is 563. The van der Waals surface area contributed by atoms with Gasteiger partial charge in [0.1, 0.15) is 4.90 Å². The number of aliphatic hydroxyl groups excluding tert-OH is 1. The fourth-order valence-electron chi connectivity index (χ4n) is 1.58. The van der Waals surface area contributed by atoms with E-state index in [1.54, 1.807) is 6.92 Å². The Hall–Kier alpha value is -0.370. The molecule has 1 atom stereocenters. The molecule has 0 aliphatic carbocycles. The lowest BCUT2D eigenvalue weighted by atomic mass is 10.2. The SMILES string of the molecule is CCOC(C)CNS(=O)(=O)c1cc(Cl)cc(CO)c1Cl. The minimum absolute atomic E-state index is 0.0338. The summed E-state index contributed by atoms with van der Waals surface area (Å²) in [6, 6.07) is 2.67. The largest absolute Gasteiger partial charge is 0.392 e. The van der Waals surface area contributed by atoms with Gasteiger partial charge in [0.2, 0.25) is 10.0 Å². The van der Waals surface area contributed by atoms with E-state index in [0.29, 0.717) is 6.61 Å². The van der Waals surface area contributed by atoms with Gasteiger partial charge in [0.15, 0.2) is 0 Å². The Labute approximate surface area is 128 Å². The van der Waals surface area contributed by atoms with E-state index in [4.69, 9.17) is 33.0 Å². The van der Waals surface area contributed by atoms with Crippen LogP contribution < -0.4 is 4.72 Å². The van der Waals surface area contributed by atoms with Crippen molar-refractivity contribution in [1.82, 2.24) is 4.72 Å².